The second-order valence-electron chi connectivity index (χ2n) is 2.04. The third-order valence-electron chi connectivity index (χ3n) is 1.26. The standard InChI is InChI=1S/C6H4N4O2/c11-6-9-5(10-12-6)4-1-2-7-3-8-4/h1-3H,(H,9,10,11). The molecule has 0 unspecified atom stereocenters. The van der Waals surface area contributed by atoms with Gasteiger partial charge in [-0.1, -0.05) is 5.16 Å². The van der Waals surface area contributed by atoms with Gasteiger partial charge in [-0.05, 0) is 6.07 Å². The van der Waals surface area contributed by atoms with Crippen molar-refractivity contribution in [3.8, 4) is 11.5 Å². The van der Waals surface area contributed by atoms with E-state index in [1.165, 1.54) is 6.33 Å². The number of hydrogen-bond acceptors (Lipinski definition) is 5. The van der Waals surface area contributed by atoms with E-state index in [4.69, 9.17) is 0 Å². The van der Waals surface area contributed by atoms with Crippen molar-refractivity contribution in [3.05, 3.63) is 29.1 Å². The van der Waals surface area contributed by atoms with Crippen LogP contribution in [0.1, 0.15) is 0 Å². The minimum absolute atomic E-state index is 0.308. The molecular formula is C6H4N4O2. The monoisotopic (exact) mass is 164 g/mol. The summed E-state index contributed by atoms with van der Waals surface area (Å²) in [5.74, 6) is -0.286. The van der Waals surface area contributed by atoms with Crippen LogP contribution < -0.4 is 5.76 Å². The lowest BCUT2D eigenvalue weighted by Gasteiger charge is -1.88. The summed E-state index contributed by atoms with van der Waals surface area (Å²) >= 11 is 0. The van der Waals surface area contributed by atoms with Crippen LogP contribution in [0.3, 0.4) is 0 Å². The summed E-state index contributed by atoms with van der Waals surface area (Å²) in [7, 11) is 0. The average molecular weight is 164 g/mol. The van der Waals surface area contributed by atoms with Crippen molar-refractivity contribution in [1.82, 2.24) is 20.1 Å². The summed E-state index contributed by atoms with van der Waals surface area (Å²) < 4.78 is 4.30. The highest BCUT2D eigenvalue weighted by molar-refractivity contribution is 5.45. The molecule has 6 heteroatoms. The molecule has 6 nitrogen and oxygen atoms in total. The van der Waals surface area contributed by atoms with E-state index in [-0.39, 0.29) is 0 Å². The number of aromatic amines is 1. The molecule has 0 atom stereocenters. The fourth-order valence-electron chi connectivity index (χ4n) is 0.771. The van der Waals surface area contributed by atoms with Crippen LogP contribution in [0.2, 0.25) is 0 Å². The molecule has 2 rings (SSSR count). The highest BCUT2D eigenvalue weighted by Gasteiger charge is 2.03. The summed E-state index contributed by atoms with van der Waals surface area (Å²) in [5.41, 5.74) is 0.524. The van der Waals surface area contributed by atoms with Gasteiger partial charge in [-0.25, -0.2) is 14.8 Å². The topological polar surface area (TPSA) is 84.7 Å². The molecule has 0 aliphatic heterocycles. The van der Waals surface area contributed by atoms with E-state index in [0.29, 0.717) is 11.5 Å². The van der Waals surface area contributed by atoms with Gasteiger partial charge in [0.15, 0.2) is 0 Å². The molecule has 0 aliphatic rings. The van der Waals surface area contributed by atoms with E-state index >= 15 is 0 Å². The summed E-state index contributed by atoms with van der Waals surface area (Å²) in [6.45, 7) is 0. The fraction of sp³-hybridized carbons (Fsp3) is 0. The first kappa shape index (κ1) is 6.71. The second-order valence-corrected chi connectivity index (χ2v) is 2.04. The zero-order valence-corrected chi connectivity index (χ0v) is 5.89. The molecule has 0 aromatic carbocycles. The Bertz CT molecular complexity index is 418. The first-order valence-corrected chi connectivity index (χ1v) is 3.18. The molecule has 0 saturated carbocycles. The van der Waals surface area contributed by atoms with Crippen LogP contribution in [-0.2, 0) is 0 Å². The van der Waals surface area contributed by atoms with E-state index in [9.17, 15) is 4.79 Å². The van der Waals surface area contributed by atoms with Crippen LogP contribution in [0.15, 0.2) is 27.9 Å². The van der Waals surface area contributed by atoms with E-state index in [2.05, 4.69) is 24.6 Å². The normalized spacial score (nSPS) is 10.0. The molecule has 0 spiro atoms. The van der Waals surface area contributed by atoms with Crippen molar-refractivity contribution in [3.63, 3.8) is 0 Å². The molecule has 12 heavy (non-hydrogen) atoms. The third kappa shape index (κ3) is 1.09. The van der Waals surface area contributed by atoms with Gasteiger partial charge in [0.1, 0.15) is 12.0 Å². The van der Waals surface area contributed by atoms with Gasteiger partial charge < -0.3 is 0 Å². The second kappa shape index (κ2) is 2.57. The number of rotatable bonds is 1. The molecule has 2 aromatic rings. The Labute approximate surface area is 66.3 Å². The molecule has 0 aliphatic carbocycles. The van der Waals surface area contributed by atoms with Crippen LogP contribution in [0.5, 0.6) is 0 Å². The van der Waals surface area contributed by atoms with Crippen molar-refractivity contribution in [1.29, 1.82) is 0 Å². The maximum atomic E-state index is 10.5. The SMILES string of the molecule is O=c1[nH]c(-c2ccncn2)no1. The largest absolute Gasteiger partial charge is 0.439 e. The number of hydrogen-bond donors (Lipinski definition) is 1. The smallest absolute Gasteiger partial charge is 0.296 e. The third-order valence-corrected chi connectivity index (χ3v) is 1.26. The van der Waals surface area contributed by atoms with E-state index in [1.54, 1.807) is 12.3 Å². The maximum absolute atomic E-state index is 10.5. The van der Waals surface area contributed by atoms with Crippen molar-refractivity contribution in [2.24, 2.45) is 0 Å². The molecule has 0 bridgehead atoms. The zero-order valence-electron chi connectivity index (χ0n) is 5.89. The van der Waals surface area contributed by atoms with Gasteiger partial charge in [0, 0.05) is 6.20 Å². The van der Waals surface area contributed by atoms with Crippen LogP contribution in [-0.4, -0.2) is 20.1 Å². The summed E-state index contributed by atoms with van der Waals surface area (Å²) in [5, 5.41) is 3.45. The van der Waals surface area contributed by atoms with Crippen molar-refractivity contribution in [2.45, 2.75) is 0 Å². The molecule has 0 saturated heterocycles. The molecule has 2 aromatic heterocycles. The van der Waals surface area contributed by atoms with Gasteiger partial charge in [0.05, 0.1) is 0 Å². The number of aromatic nitrogens is 4. The first-order chi connectivity index (χ1) is 5.86. The van der Waals surface area contributed by atoms with Gasteiger partial charge in [0.2, 0.25) is 5.82 Å². The Kier molecular flexibility index (Phi) is 1.44. The Morgan fingerprint density at radius 2 is 2.42 bits per heavy atom. The Balaban J connectivity index is 2.51. The predicted molar refractivity (Wildman–Crippen MR) is 38.1 cm³/mol. The molecular weight excluding hydrogens is 160 g/mol. The predicted octanol–water partition coefficient (Wildman–Crippen LogP) is -0.180. The Morgan fingerprint density at radius 1 is 1.50 bits per heavy atom. The van der Waals surface area contributed by atoms with E-state index < -0.39 is 5.76 Å². The maximum Gasteiger partial charge on any atom is 0.439 e. The van der Waals surface area contributed by atoms with E-state index in [1.807, 2.05) is 0 Å². The molecule has 0 fully saturated rings. The average Bonchev–Trinajstić information content (AvgIpc) is 2.54. The fourth-order valence-corrected chi connectivity index (χ4v) is 0.771. The van der Waals surface area contributed by atoms with Gasteiger partial charge >= 0.3 is 5.76 Å². The lowest BCUT2D eigenvalue weighted by atomic mass is 10.4. The van der Waals surface area contributed by atoms with Gasteiger partial charge in [-0.2, -0.15) is 0 Å². The highest BCUT2D eigenvalue weighted by Crippen LogP contribution is 2.05. The van der Waals surface area contributed by atoms with E-state index in [0.717, 1.165) is 0 Å². The van der Waals surface area contributed by atoms with Crippen LogP contribution in [0.4, 0.5) is 0 Å². The van der Waals surface area contributed by atoms with Crippen molar-refractivity contribution in [2.75, 3.05) is 0 Å². The Morgan fingerprint density at radius 3 is 3.00 bits per heavy atom. The van der Waals surface area contributed by atoms with Crippen LogP contribution in [0.25, 0.3) is 11.5 Å². The molecule has 2 heterocycles. The lowest BCUT2D eigenvalue weighted by Crippen LogP contribution is -1.95. The van der Waals surface area contributed by atoms with Gasteiger partial charge in [-0.15, -0.1) is 0 Å². The van der Waals surface area contributed by atoms with Crippen molar-refractivity contribution >= 4 is 0 Å². The minimum Gasteiger partial charge on any atom is -0.296 e. The number of H-pyrrole nitrogens is 1. The van der Waals surface area contributed by atoms with Gasteiger partial charge in [0.25, 0.3) is 0 Å². The lowest BCUT2D eigenvalue weighted by molar-refractivity contribution is 0.387. The quantitative estimate of drug-likeness (QED) is 0.631. The molecule has 0 radical (unpaired) electrons. The van der Waals surface area contributed by atoms with Gasteiger partial charge in [-0.3, -0.25) is 9.51 Å². The molecule has 60 valence electrons. The summed E-state index contributed by atoms with van der Waals surface area (Å²) in [6.07, 6.45) is 2.91. The van der Waals surface area contributed by atoms with Crippen molar-refractivity contribution < 1.29 is 4.52 Å². The Hall–Kier alpha value is -1.98. The highest BCUT2D eigenvalue weighted by atomic mass is 16.5. The minimum atomic E-state index is -0.594. The summed E-state index contributed by atoms with van der Waals surface area (Å²) in [4.78, 5) is 20.5. The first-order valence-electron chi connectivity index (χ1n) is 3.18. The summed E-state index contributed by atoms with van der Waals surface area (Å²) in [6, 6.07) is 1.62. The van der Waals surface area contributed by atoms with Crippen LogP contribution in [0, 0.1) is 0 Å². The van der Waals surface area contributed by atoms with Crippen LogP contribution >= 0.6 is 0 Å². The zero-order chi connectivity index (χ0) is 8.39. The molecule has 1 N–H and O–H groups in total. The number of nitrogens with zero attached hydrogens (tertiary/aromatic N) is 3. The number of nitrogens with one attached hydrogen (secondary N) is 1. The molecule has 0 amide bonds.